The molecule has 1 atom stereocenters. The summed E-state index contributed by atoms with van der Waals surface area (Å²) in [5.41, 5.74) is 1.79. The van der Waals surface area contributed by atoms with Crippen LogP contribution in [0.15, 0.2) is 36.7 Å². The van der Waals surface area contributed by atoms with Crippen molar-refractivity contribution in [3.05, 3.63) is 53.3 Å². The number of H-pyrrole nitrogens is 1. The Kier molecular flexibility index (Phi) is 4.17. The van der Waals surface area contributed by atoms with Gasteiger partial charge in [0.15, 0.2) is 0 Å². The van der Waals surface area contributed by atoms with Crippen LogP contribution in [0.1, 0.15) is 29.7 Å². The minimum atomic E-state index is -3.49. The van der Waals surface area contributed by atoms with Gasteiger partial charge in [0.05, 0.1) is 23.6 Å². The van der Waals surface area contributed by atoms with Crippen LogP contribution in [0, 0.1) is 11.3 Å². The van der Waals surface area contributed by atoms with Crippen LogP contribution in [0.25, 0.3) is 0 Å². The van der Waals surface area contributed by atoms with Crippen LogP contribution in [0.4, 0.5) is 0 Å². The summed E-state index contributed by atoms with van der Waals surface area (Å²) in [7, 11) is -3.49. The third-order valence-electron chi connectivity index (χ3n) is 2.79. The van der Waals surface area contributed by atoms with Crippen LogP contribution in [0.3, 0.4) is 0 Å². The van der Waals surface area contributed by atoms with E-state index in [9.17, 15) is 8.42 Å². The maximum Gasteiger partial charge on any atom is 0.216 e. The van der Waals surface area contributed by atoms with Gasteiger partial charge in [0, 0.05) is 17.8 Å². The second kappa shape index (κ2) is 5.86. The van der Waals surface area contributed by atoms with E-state index in [4.69, 9.17) is 5.26 Å². The molecule has 1 heterocycles. The van der Waals surface area contributed by atoms with Crippen molar-refractivity contribution >= 4 is 10.0 Å². The maximum absolute atomic E-state index is 12.1. The van der Waals surface area contributed by atoms with Gasteiger partial charge in [-0.1, -0.05) is 12.1 Å². The van der Waals surface area contributed by atoms with Crippen LogP contribution in [-0.4, -0.2) is 18.6 Å². The number of benzene rings is 1. The average molecular weight is 290 g/mol. The van der Waals surface area contributed by atoms with Gasteiger partial charge in [-0.05, 0) is 24.6 Å². The highest BCUT2D eigenvalue weighted by Gasteiger charge is 2.17. The Morgan fingerprint density at radius 1 is 1.50 bits per heavy atom. The highest BCUT2D eigenvalue weighted by molar-refractivity contribution is 7.88. The SMILES string of the molecule is CC(NS(=O)(=O)Cc1cccc(C#N)c1)c1cn[nH]c1. The lowest BCUT2D eigenvalue weighted by atomic mass is 10.2. The number of hydrogen-bond donors (Lipinski definition) is 2. The quantitative estimate of drug-likeness (QED) is 0.870. The summed E-state index contributed by atoms with van der Waals surface area (Å²) in [5, 5.41) is 15.2. The van der Waals surface area contributed by atoms with Crippen molar-refractivity contribution in [2.75, 3.05) is 0 Å². The second-order valence-electron chi connectivity index (χ2n) is 4.44. The highest BCUT2D eigenvalue weighted by atomic mass is 32.2. The molecule has 104 valence electrons. The molecule has 0 saturated carbocycles. The van der Waals surface area contributed by atoms with Crippen molar-refractivity contribution in [2.45, 2.75) is 18.7 Å². The Labute approximate surface area is 117 Å². The van der Waals surface area contributed by atoms with E-state index >= 15 is 0 Å². The lowest BCUT2D eigenvalue weighted by Crippen LogP contribution is -2.27. The Balaban J connectivity index is 2.09. The van der Waals surface area contributed by atoms with Crippen molar-refractivity contribution in [3.8, 4) is 6.07 Å². The van der Waals surface area contributed by atoms with Crippen molar-refractivity contribution < 1.29 is 8.42 Å². The number of aromatic amines is 1. The van der Waals surface area contributed by atoms with E-state index in [-0.39, 0.29) is 11.8 Å². The standard InChI is InChI=1S/C13H14N4O2S/c1-10(13-7-15-16-8-13)17-20(18,19)9-12-4-2-3-11(5-12)6-14/h2-5,7-8,10,17H,9H2,1H3,(H,15,16). The zero-order valence-corrected chi connectivity index (χ0v) is 11.7. The van der Waals surface area contributed by atoms with Crippen molar-refractivity contribution in [2.24, 2.45) is 0 Å². The van der Waals surface area contributed by atoms with E-state index in [1.807, 2.05) is 6.07 Å². The molecule has 7 heteroatoms. The van der Waals surface area contributed by atoms with Gasteiger partial charge in [-0.25, -0.2) is 13.1 Å². The molecule has 1 aromatic carbocycles. The molecular weight excluding hydrogens is 276 g/mol. The van der Waals surface area contributed by atoms with Crippen LogP contribution in [-0.2, 0) is 15.8 Å². The Morgan fingerprint density at radius 2 is 2.30 bits per heavy atom. The molecule has 0 bridgehead atoms. The third kappa shape index (κ3) is 3.66. The molecule has 0 aliphatic carbocycles. The number of rotatable bonds is 5. The summed E-state index contributed by atoms with van der Waals surface area (Å²) in [6.07, 6.45) is 3.22. The number of aromatic nitrogens is 2. The molecular formula is C13H14N4O2S. The molecule has 6 nitrogen and oxygen atoms in total. The molecule has 20 heavy (non-hydrogen) atoms. The highest BCUT2D eigenvalue weighted by Crippen LogP contribution is 2.13. The number of nitrogens with one attached hydrogen (secondary N) is 2. The first-order valence-electron chi connectivity index (χ1n) is 5.98. The minimum Gasteiger partial charge on any atom is -0.285 e. The smallest absolute Gasteiger partial charge is 0.216 e. The van der Waals surface area contributed by atoms with E-state index < -0.39 is 10.0 Å². The zero-order chi connectivity index (χ0) is 14.6. The second-order valence-corrected chi connectivity index (χ2v) is 6.20. The monoisotopic (exact) mass is 290 g/mol. The fourth-order valence-electron chi connectivity index (χ4n) is 1.83. The van der Waals surface area contributed by atoms with Gasteiger partial charge in [-0.2, -0.15) is 10.4 Å². The summed E-state index contributed by atoms with van der Waals surface area (Å²) in [6.45, 7) is 1.74. The summed E-state index contributed by atoms with van der Waals surface area (Å²) in [6, 6.07) is 8.19. The summed E-state index contributed by atoms with van der Waals surface area (Å²) < 4.78 is 26.7. The van der Waals surface area contributed by atoms with E-state index in [0.717, 1.165) is 5.56 Å². The lowest BCUT2D eigenvalue weighted by molar-refractivity contribution is 0.566. The number of hydrogen-bond acceptors (Lipinski definition) is 4. The van der Waals surface area contributed by atoms with E-state index in [1.165, 1.54) is 0 Å². The Morgan fingerprint density at radius 3 is 2.95 bits per heavy atom. The van der Waals surface area contributed by atoms with Gasteiger partial charge in [0.1, 0.15) is 0 Å². The predicted molar refractivity (Wildman–Crippen MR) is 73.9 cm³/mol. The molecule has 1 aromatic heterocycles. The van der Waals surface area contributed by atoms with Crippen LogP contribution in [0.2, 0.25) is 0 Å². The van der Waals surface area contributed by atoms with Gasteiger partial charge in [0.25, 0.3) is 0 Å². The molecule has 0 aliphatic rings. The first-order chi connectivity index (χ1) is 9.50. The van der Waals surface area contributed by atoms with E-state index in [1.54, 1.807) is 43.6 Å². The predicted octanol–water partition coefficient (Wildman–Crippen LogP) is 1.46. The first-order valence-corrected chi connectivity index (χ1v) is 7.63. The fraction of sp³-hybridized carbons (Fsp3) is 0.231. The third-order valence-corrected chi connectivity index (χ3v) is 4.21. The molecule has 0 spiro atoms. The summed E-state index contributed by atoms with van der Waals surface area (Å²) in [5.74, 6) is -0.162. The molecule has 2 rings (SSSR count). The fourth-order valence-corrected chi connectivity index (χ4v) is 3.20. The lowest BCUT2D eigenvalue weighted by Gasteiger charge is -2.12. The molecule has 2 aromatic rings. The van der Waals surface area contributed by atoms with Crippen molar-refractivity contribution in [1.29, 1.82) is 5.26 Å². The molecule has 0 amide bonds. The molecule has 0 fully saturated rings. The Hall–Kier alpha value is -2.17. The van der Waals surface area contributed by atoms with Gasteiger partial charge in [-0.15, -0.1) is 0 Å². The van der Waals surface area contributed by atoms with Crippen LogP contribution >= 0.6 is 0 Å². The summed E-state index contributed by atoms with van der Waals surface area (Å²) in [4.78, 5) is 0. The van der Waals surface area contributed by atoms with Crippen molar-refractivity contribution in [1.82, 2.24) is 14.9 Å². The average Bonchev–Trinajstić information content (AvgIpc) is 2.91. The topological polar surface area (TPSA) is 98.6 Å². The van der Waals surface area contributed by atoms with Crippen LogP contribution < -0.4 is 4.72 Å². The summed E-state index contributed by atoms with van der Waals surface area (Å²) >= 11 is 0. The van der Waals surface area contributed by atoms with Gasteiger partial charge < -0.3 is 0 Å². The van der Waals surface area contributed by atoms with E-state index in [0.29, 0.717) is 11.1 Å². The van der Waals surface area contributed by atoms with E-state index in [2.05, 4.69) is 14.9 Å². The zero-order valence-electron chi connectivity index (χ0n) is 10.9. The Bertz CT molecular complexity index is 717. The molecule has 2 N–H and O–H groups in total. The molecule has 1 unspecified atom stereocenters. The first kappa shape index (κ1) is 14.2. The number of nitrogens with zero attached hydrogens (tertiary/aromatic N) is 2. The van der Waals surface area contributed by atoms with Crippen LogP contribution in [0.5, 0.6) is 0 Å². The minimum absolute atomic E-state index is 0.162. The van der Waals surface area contributed by atoms with Gasteiger partial charge >= 0.3 is 0 Å². The number of sulfonamides is 1. The number of nitriles is 1. The maximum atomic E-state index is 12.1. The molecule has 0 saturated heterocycles. The molecule has 0 radical (unpaired) electrons. The largest absolute Gasteiger partial charge is 0.285 e. The van der Waals surface area contributed by atoms with Gasteiger partial charge in [0.2, 0.25) is 10.0 Å². The molecule has 0 aliphatic heterocycles. The normalized spacial score (nSPS) is 12.8. The van der Waals surface area contributed by atoms with Gasteiger partial charge in [-0.3, -0.25) is 5.10 Å². The van der Waals surface area contributed by atoms with Crippen molar-refractivity contribution in [3.63, 3.8) is 0 Å².